The lowest BCUT2D eigenvalue weighted by molar-refractivity contribution is 0.0986. The largest absolute Gasteiger partial charge is 0.377 e. The molecule has 3 aromatic heterocycles. The first-order valence-corrected chi connectivity index (χ1v) is 7.51. The van der Waals surface area contributed by atoms with E-state index in [2.05, 4.69) is 32.1 Å². The lowest BCUT2D eigenvalue weighted by Crippen LogP contribution is -2.44. The van der Waals surface area contributed by atoms with Crippen LogP contribution in [0.1, 0.15) is 6.92 Å². The zero-order valence-corrected chi connectivity index (χ0v) is 12.8. The van der Waals surface area contributed by atoms with Crippen LogP contribution in [-0.4, -0.2) is 50.6 Å². The van der Waals surface area contributed by atoms with Crippen LogP contribution in [0, 0.1) is 0 Å². The van der Waals surface area contributed by atoms with Gasteiger partial charge in [-0.15, -0.1) is 5.10 Å². The van der Waals surface area contributed by atoms with Gasteiger partial charge in [0, 0.05) is 12.7 Å². The molecular weight excluding hydrogens is 304 g/mol. The highest BCUT2D eigenvalue weighted by Gasteiger charge is 2.24. The number of aromatic nitrogens is 5. The van der Waals surface area contributed by atoms with Gasteiger partial charge in [0.15, 0.2) is 5.82 Å². The second kappa shape index (κ2) is 5.26. The summed E-state index contributed by atoms with van der Waals surface area (Å²) in [6.07, 6.45) is 1.71. The average molecular weight is 319 g/mol. The number of anilines is 1. The first-order valence-electron chi connectivity index (χ1n) is 7.13. The molecule has 3 aromatic rings. The van der Waals surface area contributed by atoms with E-state index in [-0.39, 0.29) is 11.3 Å². The molecule has 1 unspecified atom stereocenters. The molecule has 4 rings (SSSR count). The molecule has 1 N–H and O–H groups in total. The Morgan fingerprint density at radius 1 is 1.36 bits per heavy atom. The van der Waals surface area contributed by atoms with E-state index in [9.17, 15) is 0 Å². The Labute approximate surface area is 131 Å². The molecule has 0 spiro atoms. The van der Waals surface area contributed by atoms with E-state index < -0.39 is 0 Å². The Hall–Kier alpha value is -2.12. The van der Waals surface area contributed by atoms with Crippen LogP contribution in [0.2, 0.25) is 5.28 Å². The van der Waals surface area contributed by atoms with Gasteiger partial charge in [0.2, 0.25) is 5.28 Å². The molecule has 0 bridgehead atoms. The van der Waals surface area contributed by atoms with E-state index in [1.165, 1.54) is 0 Å². The van der Waals surface area contributed by atoms with Crippen LogP contribution < -0.4 is 4.90 Å². The van der Waals surface area contributed by atoms with Crippen molar-refractivity contribution in [2.24, 2.45) is 0 Å². The van der Waals surface area contributed by atoms with Crippen molar-refractivity contribution in [3.05, 3.63) is 29.7 Å². The summed E-state index contributed by atoms with van der Waals surface area (Å²) >= 11 is 6.15. The minimum Gasteiger partial charge on any atom is -0.377 e. The summed E-state index contributed by atoms with van der Waals surface area (Å²) in [5.41, 5.74) is 2.71. The standard InChI is InChI=1S/C14H15ClN6O/c1-9-8-22-7-6-20(9)13-12-3-2-11(10-4-5-16-18-10)21(12)19-14(15)17-13/h2-5,9H,6-8H2,1H3,(H,16,18). The summed E-state index contributed by atoms with van der Waals surface area (Å²) in [6, 6.07) is 6.13. The number of hydrogen-bond donors (Lipinski definition) is 1. The molecule has 22 heavy (non-hydrogen) atoms. The maximum atomic E-state index is 6.15. The number of aromatic amines is 1. The molecule has 1 saturated heterocycles. The maximum Gasteiger partial charge on any atom is 0.243 e. The number of morpholine rings is 1. The highest BCUT2D eigenvalue weighted by atomic mass is 35.5. The van der Waals surface area contributed by atoms with Gasteiger partial charge in [0.25, 0.3) is 0 Å². The molecule has 1 aliphatic heterocycles. The topological polar surface area (TPSA) is 71.3 Å². The van der Waals surface area contributed by atoms with Crippen molar-refractivity contribution < 1.29 is 4.74 Å². The average Bonchev–Trinajstić information content (AvgIpc) is 3.15. The Morgan fingerprint density at radius 3 is 3.05 bits per heavy atom. The number of fused-ring (bicyclic) bond motifs is 1. The van der Waals surface area contributed by atoms with Crippen molar-refractivity contribution in [3.8, 4) is 11.4 Å². The van der Waals surface area contributed by atoms with Gasteiger partial charge in [-0.05, 0) is 36.7 Å². The lowest BCUT2D eigenvalue weighted by atomic mass is 10.2. The molecule has 0 aromatic carbocycles. The van der Waals surface area contributed by atoms with Crippen molar-refractivity contribution in [2.45, 2.75) is 13.0 Å². The minimum absolute atomic E-state index is 0.221. The van der Waals surface area contributed by atoms with Crippen molar-refractivity contribution in [1.29, 1.82) is 0 Å². The van der Waals surface area contributed by atoms with Gasteiger partial charge < -0.3 is 9.64 Å². The SMILES string of the molecule is CC1COCCN1c1nc(Cl)nn2c(-c3ccn[nH]3)ccc12. The highest BCUT2D eigenvalue weighted by molar-refractivity contribution is 6.28. The smallest absolute Gasteiger partial charge is 0.243 e. The molecule has 1 fully saturated rings. The van der Waals surface area contributed by atoms with Gasteiger partial charge in [-0.25, -0.2) is 4.52 Å². The number of nitrogens with one attached hydrogen (secondary N) is 1. The first kappa shape index (κ1) is 13.5. The lowest BCUT2D eigenvalue weighted by Gasteiger charge is -2.34. The summed E-state index contributed by atoms with van der Waals surface area (Å²) < 4.78 is 7.31. The van der Waals surface area contributed by atoms with Gasteiger partial charge >= 0.3 is 0 Å². The molecule has 7 nitrogen and oxygen atoms in total. The zero-order chi connectivity index (χ0) is 15.1. The first-order chi connectivity index (χ1) is 10.7. The van der Waals surface area contributed by atoms with Crippen LogP contribution in [0.25, 0.3) is 16.9 Å². The normalized spacial score (nSPS) is 19.0. The van der Waals surface area contributed by atoms with Gasteiger partial charge in [-0.1, -0.05) is 0 Å². The fraction of sp³-hybridized carbons (Fsp3) is 0.357. The second-order valence-corrected chi connectivity index (χ2v) is 5.65. The van der Waals surface area contributed by atoms with Crippen molar-refractivity contribution >= 4 is 22.9 Å². The second-order valence-electron chi connectivity index (χ2n) is 5.31. The predicted molar refractivity (Wildman–Crippen MR) is 83.2 cm³/mol. The fourth-order valence-corrected chi connectivity index (χ4v) is 2.97. The Kier molecular flexibility index (Phi) is 3.24. The van der Waals surface area contributed by atoms with E-state index in [1.54, 1.807) is 10.7 Å². The van der Waals surface area contributed by atoms with E-state index in [0.717, 1.165) is 29.3 Å². The van der Waals surface area contributed by atoms with Crippen molar-refractivity contribution in [1.82, 2.24) is 24.8 Å². The molecule has 0 aliphatic carbocycles. The Balaban J connectivity index is 1.89. The summed E-state index contributed by atoms with van der Waals surface area (Å²) in [7, 11) is 0. The van der Waals surface area contributed by atoms with E-state index in [4.69, 9.17) is 16.3 Å². The van der Waals surface area contributed by atoms with Gasteiger partial charge in [-0.2, -0.15) is 10.1 Å². The number of nitrogens with zero attached hydrogens (tertiary/aromatic N) is 5. The third-order valence-electron chi connectivity index (χ3n) is 3.88. The van der Waals surface area contributed by atoms with Crippen LogP contribution in [0.15, 0.2) is 24.4 Å². The summed E-state index contributed by atoms with van der Waals surface area (Å²) in [6.45, 7) is 4.27. The third kappa shape index (κ3) is 2.13. The quantitative estimate of drug-likeness (QED) is 0.782. The number of halogens is 1. The van der Waals surface area contributed by atoms with Crippen molar-refractivity contribution in [3.63, 3.8) is 0 Å². The molecule has 1 atom stereocenters. The van der Waals surface area contributed by atoms with Crippen LogP contribution in [0.3, 0.4) is 0 Å². The van der Waals surface area contributed by atoms with Gasteiger partial charge in [0.1, 0.15) is 5.52 Å². The molecule has 0 amide bonds. The maximum absolute atomic E-state index is 6.15. The molecule has 0 radical (unpaired) electrons. The summed E-state index contributed by atoms with van der Waals surface area (Å²) in [4.78, 5) is 6.66. The molecule has 8 heteroatoms. The van der Waals surface area contributed by atoms with Crippen molar-refractivity contribution in [2.75, 3.05) is 24.7 Å². The fourth-order valence-electron chi connectivity index (χ4n) is 2.81. The highest BCUT2D eigenvalue weighted by Crippen LogP contribution is 2.28. The molecule has 114 valence electrons. The van der Waals surface area contributed by atoms with Gasteiger partial charge in [0.05, 0.1) is 30.6 Å². The molecule has 0 saturated carbocycles. The van der Waals surface area contributed by atoms with E-state index in [0.29, 0.717) is 13.2 Å². The Morgan fingerprint density at radius 2 is 2.27 bits per heavy atom. The van der Waals surface area contributed by atoms with Gasteiger partial charge in [-0.3, -0.25) is 5.10 Å². The number of ether oxygens (including phenoxy) is 1. The van der Waals surface area contributed by atoms with Crippen LogP contribution in [0.5, 0.6) is 0 Å². The predicted octanol–water partition coefficient (Wildman–Crippen LogP) is 2.00. The third-order valence-corrected chi connectivity index (χ3v) is 4.04. The summed E-state index contributed by atoms with van der Waals surface area (Å²) in [5.74, 6) is 0.835. The molecule has 4 heterocycles. The van der Waals surface area contributed by atoms with Crippen LogP contribution in [-0.2, 0) is 4.74 Å². The Bertz CT molecular complexity index is 799. The van der Waals surface area contributed by atoms with E-state index in [1.807, 2.05) is 18.2 Å². The zero-order valence-electron chi connectivity index (χ0n) is 12.0. The number of rotatable bonds is 2. The van der Waals surface area contributed by atoms with E-state index >= 15 is 0 Å². The minimum atomic E-state index is 0.221. The number of H-pyrrole nitrogens is 1. The molecular formula is C14H15ClN6O. The molecule has 1 aliphatic rings. The van der Waals surface area contributed by atoms with Crippen LogP contribution in [0.4, 0.5) is 5.82 Å². The monoisotopic (exact) mass is 318 g/mol. The number of hydrogen-bond acceptors (Lipinski definition) is 5. The summed E-state index contributed by atoms with van der Waals surface area (Å²) in [5, 5.41) is 11.5. The van der Waals surface area contributed by atoms with Crippen LogP contribution >= 0.6 is 11.6 Å².